The molecule has 1 aromatic carbocycles. The maximum atomic E-state index is 12.0. The third kappa shape index (κ3) is 6.01. The van der Waals surface area contributed by atoms with Gasteiger partial charge in [0.2, 0.25) is 0 Å². The lowest BCUT2D eigenvalue weighted by atomic mass is 10.1. The summed E-state index contributed by atoms with van der Waals surface area (Å²) in [4.78, 5) is 33.1. The first-order valence-corrected chi connectivity index (χ1v) is 6.52. The molecule has 1 atom stereocenters. The highest BCUT2D eigenvalue weighted by Crippen LogP contribution is 2.14. The molecule has 0 N–H and O–H groups in total. The molecule has 0 aromatic heterocycles. The summed E-state index contributed by atoms with van der Waals surface area (Å²) in [5.74, 6) is 3.24. The average Bonchev–Trinajstić information content (AvgIpc) is 2.51. The van der Waals surface area contributed by atoms with Crippen molar-refractivity contribution in [1.82, 2.24) is 0 Å². The van der Waals surface area contributed by atoms with E-state index in [2.05, 4.69) is 23.2 Å². The minimum Gasteiger partial charge on any atom is -0.459 e. The van der Waals surface area contributed by atoms with E-state index in [1.807, 2.05) is 0 Å². The Morgan fingerprint density at radius 2 is 1.96 bits per heavy atom. The third-order valence-corrected chi connectivity index (χ3v) is 2.62. The average molecular weight is 317 g/mol. The Kier molecular flexibility index (Phi) is 6.49. The van der Waals surface area contributed by atoms with E-state index >= 15 is 0 Å². The summed E-state index contributed by atoms with van der Waals surface area (Å²) in [5, 5.41) is 10.6. The second-order valence-electron chi connectivity index (χ2n) is 4.62. The van der Waals surface area contributed by atoms with Gasteiger partial charge in [-0.05, 0) is 25.0 Å². The molecule has 0 aliphatic rings. The van der Waals surface area contributed by atoms with Crippen LogP contribution < -0.4 is 0 Å². The number of hydrogen-bond donors (Lipinski definition) is 0. The van der Waals surface area contributed by atoms with E-state index in [-0.39, 0.29) is 17.7 Å². The van der Waals surface area contributed by atoms with Gasteiger partial charge in [-0.25, -0.2) is 9.59 Å². The van der Waals surface area contributed by atoms with Crippen LogP contribution in [0.4, 0.5) is 5.69 Å². The standard InChI is InChI=1S/C16H15NO6/c1-11(2)10-14(8-9-15(18)22-3)23-16(19)12-4-6-13(7-5-12)17(20)21/h4-7,14H,1,10H2,2-3H3. The fourth-order valence-corrected chi connectivity index (χ4v) is 1.55. The van der Waals surface area contributed by atoms with Crippen LogP contribution in [0.3, 0.4) is 0 Å². The smallest absolute Gasteiger partial charge is 0.384 e. The molecule has 0 radical (unpaired) electrons. The van der Waals surface area contributed by atoms with Crippen molar-refractivity contribution in [3.63, 3.8) is 0 Å². The van der Waals surface area contributed by atoms with Crippen molar-refractivity contribution in [3.8, 4) is 11.8 Å². The molecule has 1 unspecified atom stereocenters. The SMILES string of the molecule is C=C(C)CC(C#CC(=O)OC)OC(=O)c1ccc([N+](=O)[O-])cc1. The maximum absolute atomic E-state index is 12.0. The zero-order valence-electron chi connectivity index (χ0n) is 12.7. The number of non-ortho nitro benzene ring substituents is 1. The second-order valence-corrected chi connectivity index (χ2v) is 4.62. The first-order chi connectivity index (χ1) is 10.8. The molecule has 0 bridgehead atoms. The highest BCUT2D eigenvalue weighted by molar-refractivity contribution is 5.90. The molecule has 7 heteroatoms. The van der Waals surface area contributed by atoms with Gasteiger partial charge in [-0.3, -0.25) is 10.1 Å². The summed E-state index contributed by atoms with van der Waals surface area (Å²) < 4.78 is 9.58. The van der Waals surface area contributed by atoms with Gasteiger partial charge in [-0.1, -0.05) is 12.2 Å². The van der Waals surface area contributed by atoms with E-state index in [4.69, 9.17) is 4.74 Å². The first kappa shape index (κ1) is 17.9. The van der Waals surface area contributed by atoms with Gasteiger partial charge in [0.05, 0.1) is 17.6 Å². The van der Waals surface area contributed by atoms with Crippen LogP contribution in [0.25, 0.3) is 0 Å². The van der Waals surface area contributed by atoms with Crippen molar-refractivity contribution in [1.29, 1.82) is 0 Å². The lowest BCUT2D eigenvalue weighted by Gasteiger charge is -2.12. The molecule has 0 saturated heterocycles. The number of methoxy groups -OCH3 is 1. The number of carbonyl (C=O) groups is 2. The van der Waals surface area contributed by atoms with Crippen LogP contribution in [-0.4, -0.2) is 30.1 Å². The fourth-order valence-electron chi connectivity index (χ4n) is 1.55. The highest BCUT2D eigenvalue weighted by atomic mass is 16.6. The summed E-state index contributed by atoms with van der Waals surface area (Å²) in [6, 6.07) is 4.97. The Hall–Kier alpha value is -3.14. The number of nitro groups is 1. The molecule has 120 valence electrons. The van der Waals surface area contributed by atoms with Crippen LogP contribution in [-0.2, 0) is 14.3 Å². The van der Waals surface area contributed by atoms with Crippen molar-refractivity contribution < 1.29 is 24.0 Å². The molecule has 0 heterocycles. The van der Waals surface area contributed by atoms with Gasteiger partial charge in [0.1, 0.15) is 0 Å². The molecule has 1 rings (SSSR count). The van der Waals surface area contributed by atoms with Crippen LogP contribution in [0.5, 0.6) is 0 Å². The minimum absolute atomic E-state index is 0.134. The van der Waals surface area contributed by atoms with Crippen LogP contribution in [0, 0.1) is 22.0 Å². The van der Waals surface area contributed by atoms with E-state index in [9.17, 15) is 19.7 Å². The van der Waals surface area contributed by atoms with Gasteiger partial charge >= 0.3 is 11.9 Å². The molecule has 23 heavy (non-hydrogen) atoms. The molecule has 0 aliphatic heterocycles. The normalized spacial score (nSPS) is 10.7. The van der Waals surface area contributed by atoms with Crippen LogP contribution in [0.15, 0.2) is 36.4 Å². The van der Waals surface area contributed by atoms with E-state index in [0.717, 1.165) is 0 Å². The van der Waals surface area contributed by atoms with Crippen LogP contribution in [0.1, 0.15) is 23.7 Å². The van der Waals surface area contributed by atoms with Crippen molar-refractivity contribution in [2.45, 2.75) is 19.4 Å². The van der Waals surface area contributed by atoms with E-state index in [1.54, 1.807) is 6.92 Å². The third-order valence-electron chi connectivity index (χ3n) is 2.62. The largest absolute Gasteiger partial charge is 0.459 e. The lowest BCUT2D eigenvalue weighted by Crippen LogP contribution is -2.17. The topological polar surface area (TPSA) is 95.7 Å². The summed E-state index contributed by atoms with van der Waals surface area (Å²) in [5.41, 5.74) is 0.721. The molecule has 7 nitrogen and oxygen atoms in total. The molecule has 1 aromatic rings. The second kappa shape index (κ2) is 8.34. The molecular formula is C16H15NO6. The molecule has 0 aliphatic carbocycles. The highest BCUT2D eigenvalue weighted by Gasteiger charge is 2.16. The number of nitrogens with zero attached hydrogens (tertiary/aromatic N) is 1. The van der Waals surface area contributed by atoms with Gasteiger partial charge < -0.3 is 9.47 Å². The van der Waals surface area contributed by atoms with Gasteiger partial charge in [0.15, 0.2) is 6.10 Å². The van der Waals surface area contributed by atoms with Gasteiger partial charge in [0.25, 0.3) is 5.69 Å². The lowest BCUT2D eigenvalue weighted by molar-refractivity contribution is -0.384. The Morgan fingerprint density at radius 1 is 1.35 bits per heavy atom. The Labute approximate surface area is 133 Å². The number of ether oxygens (including phenoxy) is 2. The van der Waals surface area contributed by atoms with Crippen molar-refractivity contribution in [2.24, 2.45) is 0 Å². The number of carbonyl (C=O) groups excluding carboxylic acids is 2. The van der Waals surface area contributed by atoms with Crippen molar-refractivity contribution in [3.05, 3.63) is 52.1 Å². The summed E-state index contributed by atoms with van der Waals surface area (Å²) in [7, 11) is 1.19. The quantitative estimate of drug-likeness (QED) is 0.206. The maximum Gasteiger partial charge on any atom is 0.384 e. The van der Waals surface area contributed by atoms with E-state index in [0.29, 0.717) is 5.57 Å². The number of hydrogen-bond acceptors (Lipinski definition) is 6. The predicted octanol–water partition coefficient (Wildman–Crippen LogP) is 2.26. The van der Waals surface area contributed by atoms with Gasteiger partial charge in [-0.15, -0.1) is 0 Å². The zero-order valence-corrected chi connectivity index (χ0v) is 12.7. The van der Waals surface area contributed by atoms with Gasteiger partial charge in [-0.2, -0.15) is 0 Å². The Morgan fingerprint density at radius 3 is 2.43 bits per heavy atom. The first-order valence-electron chi connectivity index (χ1n) is 6.52. The number of rotatable bonds is 5. The summed E-state index contributed by atoms with van der Waals surface area (Å²) in [6.45, 7) is 5.43. The summed E-state index contributed by atoms with van der Waals surface area (Å²) in [6.07, 6.45) is -0.614. The van der Waals surface area contributed by atoms with E-state index < -0.39 is 23.0 Å². The molecular weight excluding hydrogens is 302 g/mol. The van der Waals surface area contributed by atoms with Crippen molar-refractivity contribution >= 4 is 17.6 Å². The molecule has 0 amide bonds. The molecule has 0 spiro atoms. The number of nitro benzene ring substituents is 1. The predicted molar refractivity (Wildman–Crippen MR) is 81.5 cm³/mol. The zero-order chi connectivity index (χ0) is 17.4. The van der Waals surface area contributed by atoms with E-state index in [1.165, 1.54) is 31.4 Å². The summed E-state index contributed by atoms with van der Waals surface area (Å²) >= 11 is 0. The Balaban J connectivity index is 2.86. The molecule has 0 saturated carbocycles. The minimum atomic E-state index is -0.866. The van der Waals surface area contributed by atoms with Crippen LogP contribution >= 0.6 is 0 Å². The Bertz CT molecular complexity index is 681. The van der Waals surface area contributed by atoms with Gasteiger partial charge in [0, 0.05) is 24.5 Å². The number of esters is 2. The monoisotopic (exact) mass is 317 g/mol. The van der Waals surface area contributed by atoms with Crippen LogP contribution in [0.2, 0.25) is 0 Å². The molecule has 0 fully saturated rings. The fraction of sp³-hybridized carbons (Fsp3) is 0.250. The number of benzene rings is 1. The van der Waals surface area contributed by atoms with Crippen molar-refractivity contribution in [2.75, 3.05) is 7.11 Å².